The van der Waals surface area contributed by atoms with Crippen LogP contribution in [0.5, 0.6) is 0 Å². The Morgan fingerprint density at radius 2 is 1.95 bits per heavy atom. The number of nitrogens with one attached hydrogen (secondary N) is 1. The lowest BCUT2D eigenvalue weighted by Crippen LogP contribution is -2.48. The molecule has 0 aromatic carbocycles. The largest absolute Gasteiger partial charge is 0.302 e. The molecule has 4 unspecified atom stereocenters. The number of rotatable bonds is 5. The molecule has 4 atom stereocenters. The molecule has 0 spiro atoms. The topological polar surface area (TPSA) is 49.4 Å². The molecule has 4 nitrogen and oxygen atoms in total. The minimum absolute atomic E-state index is 0.00860. The highest BCUT2D eigenvalue weighted by atomic mass is 16.2. The molecule has 0 aromatic rings. The normalized spacial score (nSPS) is 32.8. The van der Waals surface area contributed by atoms with E-state index in [1.54, 1.807) is 0 Å². The lowest BCUT2D eigenvalue weighted by molar-refractivity contribution is -0.141. The second-order valence-corrected chi connectivity index (χ2v) is 6.34. The highest BCUT2D eigenvalue weighted by molar-refractivity contribution is 6.05. The zero-order valence-electron chi connectivity index (χ0n) is 13.0. The summed E-state index contributed by atoms with van der Waals surface area (Å²) < 4.78 is 0. The molecule has 2 fully saturated rings. The Hall–Kier alpha value is -0.900. The molecular formula is C16H28N2O2. The first kappa shape index (κ1) is 15.5. The molecule has 0 bridgehead atoms. The number of hydrogen-bond acceptors (Lipinski definition) is 3. The molecule has 0 aromatic heterocycles. The first-order valence-electron chi connectivity index (χ1n) is 8.20. The van der Waals surface area contributed by atoms with Gasteiger partial charge in [-0.05, 0) is 32.1 Å². The first-order valence-corrected chi connectivity index (χ1v) is 8.20. The van der Waals surface area contributed by atoms with E-state index >= 15 is 0 Å². The van der Waals surface area contributed by atoms with E-state index in [0.717, 1.165) is 19.3 Å². The second-order valence-electron chi connectivity index (χ2n) is 6.34. The Labute approximate surface area is 122 Å². The summed E-state index contributed by atoms with van der Waals surface area (Å²) in [4.78, 5) is 26.0. The molecule has 1 saturated carbocycles. The van der Waals surface area contributed by atoms with E-state index in [1.165, 1.54) is 24.2 Å². The van der Waals surface area contributed by atoms with E-state index in [-0.39, 0.29) is 23.9 Å². The van der Waals surface area contributed by atoms with Gasteiger partial charge >= 0.3 is 0 Å². The number of nitrogens with zero attached hydrogens (tertiary/aromatic N) is 1. The SMILES string of the molecule is CCC1CCCCC1NC1CC(=O)N(C(C)CC)C1=O. The van der Waals surface area contributed by atoms with Crippen LogP contribution in [0.3, 0.4) is 0 Å². The Morgan fingerprint density at radius 3 is 2.60 bits per heavy atom. The fourth-order valence-electron chi connectivity index (χ4n) is 3.60. The average molecular weight is 280 g/mol. The zero-order valence-corrected chi connectivity index (χ0v) is 13.0. The molecule has 4 heteroatoms. The lowest BCUT2D eigenvalue weighted by atomic mass is 9.82. The van der Waals surface area contributed by atoms with Gasteiger partial charge in [-0.25, -0.2) is 0 Å². The summed E-state index contributed by atoms with van der Waals surface area (Å²) in [6, 6.07) is 0.149. The molecule has 20 heavy (non-hydrogen) atoms. The van der Waals surface area contributed by atoms with Crippen LogP contribution in [0.1, 0.15) is 65.7 Å². The first-order chi connectivity index (χ1) is 9.58. The standard InChI is InChI=1S/C16H28N2O2/c1-4-11(3)18-15(19)10-14(16(18)20)17-13-9-7-6-8-12(13)5-2/h11-14,17H,4-10H2,1-3H3. The predicted octanol–water partition coefficient (Wildman–Crippen LogP) is 2.47. The van der Waals surface area contributed by atoms with E-state index in [9.17, 15) is 9.59 Å². The van der Waals surface area contributed by atoms with Crippen LogP contribution >= 0.6 is 0 Å². The van der Waals surface area contributed by atoms with Crippen LogP contribution in [0.4, 0.5) is 0 Å². The minimum Gasteiger partial charge on any atom is -0.302 e. The third kappa shape index (κ3) is 3.05. The molecule has 0 radical (unpaired) electrons. The zero-order chi connectivity index (χ0) is 14.7. The summed E-state index contributed by atoms with van der Waals surface area (Å²) in [7, 11) is 0. The van der Waals surface area contributed by atoms with Gasteiger partial charge in [0.15, 0.2) is 0 Å². The Balaban J connectivity index is 2.00. The maximum atomic E-state index is 12.4. The van der Waals surface area contributed by atoms with E-state index in [4.69, 9.17) is 0 Å². The van der Waals surface area contributed by atoms with Crippen molar-refractivity contribution in [3.05, 3.63) is 0 Å². The fourth-order valence-corrected chi connectivity index (χ4v) is 3.60. The van der Waals surface area contributed by atoms with Gasteiger partial charge in [0, 0.05) is 12.1 Å². The van der Waals surface area contributed by atoms with Crippen molar-refractivity contribution >= 4 is 11.8 Å². The van der Waals surface area contributed by atoms with Crippen molar-refractivity contribution in [2.45, 2.75) is 83.8 Å². The van der Waals surface area contributed by atoms with Crippen LogP contribution in [-0.4, -0.2) is 34.8 Å². The number of imide groups is 1. The quantitative estimate of drug-likeness (QED) is 0.787. The van der Waals surface area contributed by atoms with Gasteiger partial charge in [0.2, 0.25) is 11.8 Å². The van der Waals surface area contributed by atoms with E-state index < -0.39 is 0 Å². The molecule has 2 amide bonds. The monoisotopic (exact) mass is 280 g/mol. The Morgan fingerprint density at radius 1 is 1.25 bits per heavy atom. The molecule has 114 valence electrons. The van der Waals surface area contributed by atoms with Crippen molar-refractivity contribution in [1.29, 1.82) is 0 Å². The van der Waals surface area contributed by atoms with Crippen LogP contribution in [-0.2, 0) is 9.59 Å². The molecule has 1 saturated heterocycles. The summed E-state index contributed by atoms with van der Waals surface area (Å²) in [6.07, 6.45) is 7.24. The second kappa shape index (κ2) is 6.70. The fraction of sp³-hybridized carbons (Fsp3) is 0.875. The van der Waals surface area contributed by atoms with Gasteiger partial charge in [0.05, 0.1) is 12.5 Å². The Bertz CT molecular complexity index is 369. The van der Waals surface area contributed by atoms with Gasteiger partial charge in [0.1, 0.15) is 0 Å². The molecular weight excluding hydrogens is 252 g/mol. The summed E-state index contributed by atoms with van der Waals surface area (Å²) >= 11 is 0. The van der Waals surface area contributed by atoms with Crippen molar-refractivity contribution in [2.24, 2.45) is 5.92 Å². The summed E-state index contributed by atoms with van der Waals surface area (Å²) in [5.41, 5.74) is 0. The number of amides is 2. The molecule has 2 rings (SSSR count). The summed E-state index contributed by atoms with van der Waals surface area (Å²) in [5, 5.41) is 3.50. The Kier molecular flexibility index (Phi) is 5.19. The lowest BCUT2D eigenvalue weighted by Gasteiger charge is -2.33. The average Bonchev–Trinajstić information content (AvgIpc) is 2.73. The summed E-state index contributed by atoms with van der Waals surface area (Å²) in [6.45, 7) is 6.19. The maximum absolute atomic E-state index is 12.4. The smallest absolute Gasteiger partial charge is 0.247 e. The predicted molar refractivity (Wildman–Crippen MR) is 79.2 cm³/mol. The van der Waals surface area contributed by atoms with Gasteiger partial charge in [-0.3, -0.25) is 14.5 Å². The van der Waals surface area contributed by atoms with Crippen molar-refractivity contribution in [2.75, 3.05) is 0 Å². The van der Waals surface area contributed by atoms with E-state index in [1.807, 2.05) is 13.8 Å². The van der Waals surface area contributed by atoms with Crippen LogP contribution in [0.25, 0.3) is 0 Å². The minimum atomic E-state index is -0.284. The highest BCUT2D eigenvalue weighted by Crippen LogP contribution is 2.28. The van der Waals surface area contributed by atoms with Gasteiger partial charge in [-0.2, -0.15) is 0 Å². The molecule has 1 aliphatic heterocycles. The van der Waals surface area contributed by atoms with Gasteiger partial charge in [-0.1, -0.05) is 33.1 Å². The third-order valence-corrected chi connectivity index (χ3v) is 5.06. The van der Waals surface area contributed by atoms with Crippen molar-refractivity contribution < 1.29 is 9.59 Å². The van der Waals surface area contributed by atoms with Crippen LogP contribution < -0.4 is 5.32 Å². The third-order valence-electron chi connectivity index (χ3n) is 5.06. The number of carbonyl (C=O) groups is 2. The van der Waals surface area contributed by atoms with Crippen LogP contribution in [0.2, 0.25) is 0 Å². The maximum Gasteiger partial charge on any atom is 0.247 e. The molecule has 2 aliphatic rings. The number of carbonyl (C=O) groups excluding carboxylic acids is 2. The van der Waals surface area contributed by atoms with E-state index in [0.29, 0.717) is 18.4 Å². The molecule has 1 N–H and O–H groups in total. The van der Waals surface area contributed by atoms with Gasteiger partial charge < -0.3 is 5.32 Å². The summed E-state index contributed by atoms with van der Waals surface area (Å²) in [5.74, 6) is 0.639. The van der Waals surface area contributed by atoms with Crippen LogP contribution in [0.15, 0.2) is 0 Å². The van der Waals surface area contributed by atoms with Gasteiger partial charge in [-0.15, -0.1) is 0 Å². The van der Waals surface area contributed by atoms with Gasteiger partial charge in [0.25, 0.3) is 0 Å². The molecule has 1 aliphatic carbocycles. The van der Waals surface area contributed by atoms with Crippen molar-refractivity contribution in [3.8, 4) is 0 Å². The van der Waals surface area contributed by atoms with Crippen molar-refractivity contribution in [1.82, 2.24) is 10.2 Å². The van der Waals surface area contributed by atoms with E-state index in [2.05, 4.69) is 12.2 Å². The van der Waals surface area contributed by atoms with Crippen LogP contribution in [0, 0.1) is 5.92 Å². The highest BCUT2D eigenvalue weighted by Gasteiger charge is 2.42. The number of hydrogen-bond donors (Lipinski definition) is 1. The molecule has 1 heterocycles. The van der Waals surface area contributed by atoms with Crippen molar-refractivity contribution in [3.63, 3.8) is 0 Å². The number of likely N-dealkylation sites (tertiary alicyclic amines) is 1.